The van der Waals surface area contributed by atoms with Gasteiger partial charge in [-0.1, -0.05) is 6.92 Å². The molecule has 0 aliphatic heterocycles. The summed E-state index contributed by atoms with van der Waals surface area (Å²) in [5.41, 5.74) is 1.18. The summed E-state index contributed by atoms with van der Waals surface area (Å²) in [5.74, 6) is 0. The van der Waals surface area contributed by atoms with Gasteiger partial charge in [0.05, 0.1) is 5.69 Å². The van der Waals surface area contributed by atoms with E-state index < -0.39 is 0 Å². The summed E-state index contributed by atoms with van der Waals surface area (Å²) in [6.07, 6.45) is 2.69. The van der Waals surface area contributed by atoms with Crippen LogP contribution in [0.4, 0.5) is 5.13 Å². The first-order chi connectivity index (χ1) is 7.35. The highest BCUT2D eigenvalue weighted by atomic mass is 32.1. The standard InChI is InChI=1S/C11H19N3S/c1-3-12-7-9-8-15-11(13-9)14(4-2)10-5-6-10/h8,10,12H,3-7H2,1-2H3. The van der Waals surface area contributed by atoms with Gasteiger partial charge in [0.15, 0.2) is 5.13 Å². The smallest absolute Gasteiger partial charge is 0.185 e. The molecule has 0 saturated heterocycles. The molecule has 4 heteroatoms. The van der Waals surface area contributed by atoms with Crippen LogP contribution in [0.5, 0.6) is 0 Å². The van der Waals surface area contributed by atoms with Crippen molar-refractivity contribution in [3.8, 4) is 0 Å². The van der Waals surface area contributed by atoms with E-state index in [1.165, 1.54) is 23.7 Å². The van der Waals surface area contributed by atoms with Crippen molar-refractivity contribution in [1.82, 2.24) is 10.3 Å². The second kappa shape index (κ2) is 4.94. The van der Waals surface area contributed by atoms with Gasteiger partial charge in [-0.3, -0.25) is 0 Å². The molecule has 0 aromatic carbocycles. The molecular formula is C11H19N3S. The molecule has 1 saturated carbocycles. The minimum atomic E-state index is 0.771. The molecular weight excluding hydrogens is 206 g/mol. The third-order valence-electron chi connectivity index (χ3n) is 2.67. The molecule has 0 atom stereocenters. The maximum absolute atomic E-state index is 4.66. The SMILES string of the molecule is CCNCc1csc(N(CC)C2CC2)n1. The van der Waals surface area contributed by atoms with Crippen molar-refractivity contribution < 1.29 is 0 Å². The molecule has 1 aliphatic rings. The molecule has 1 N–H and O–H groups in total. The van der Waals surface area contributed by atoms with E-state index in [0.717, 1.165) is 25.7 Å². The first kappa shape index (κ1) is 10.9. The minimum Gasteiger partial charge on any atom is -0.345 e. The molecule has 0 bridgehead atoms. The van der Waals surface area contributed by atoms with E-state index in [9.17, 15) is 0 Å². The van der Waals surface area contributed by atoms with Gasteiger partial charge < -0.3 is 10.2 Å². The predicted octanol–water partition coefficient (Wildman–Crippen LogP) is 2.24. The molecule has 0 unspecified atom stereocenters. The Bertz CT molecular complexity index is 307. The second-order valence-electron chi connectivity index (χ2n) is 3.92. The number of thiazole rings is 1. The molecule has 1 fully saturated rings. The van der Waals surface area contributed by atoms with Crippen molar-refractivity contribution in [1.29, 1.82) is 0 Å². The van der Waals surface area contributed by atoms with Crippen LogP contribution in [0.1, 0.15) is 32.4 Å². The highest BCUT2D eigenvalue weighted by Crippen LogP contribution is 2.33. The summed E-state index contributed by atoms with van der Waals surface area (Å²) in [6, 6.07) is 0.771. The quantitative estimate of drug-likeness (QED) is 0.805. The molecule has 0 radical (unpaired) electrons. The normalized spacial score (nSPS) is 15.6. The van der Waals surface area contributed by atoms with Gasteiger partial charge in [-0.15, -0.1) is 11.3 Å². The Morgan fingerprint density at radius 3 is 2.93 bits per heavy atom. The maximum Gasteiger partial charge on any atom is 0.185 e. The van der Waals surface area contributed by atoms with E-state index >= 15 is 0 Å². The Kier molecular flexibility index (Phi) is 3.59. The summed E-state index contributed by atoms with van der Waals surface area (Å²) in [7, 11) is 0. The van der Waals surface area contributed by atoms with Crippen molar-refractivity contribution in [2.24, 2.45) is 0 Å². The van der Waals surface area contributed by atoms with Gasteiger partial charge in [-0.2, -0.15) is 0 Å². The van der Waals surface area contributed by atoms with E-state index in [4.69, 9.17) is 0 Å². The third-order valence-corrected chi connectivity index (χ3v) is 3.60. The Labute approximate surface area is 95.5 Å². The van der Waals surface area contributed by atoms with Gasteiger partial charge in [-0.25, -0.2) is 4.98 Å². The van der Waals surface area contributed by atoms with Crippen LogP contribution in [0.3, 0.4) is 0 Å². The number of aromatic nitrogens is 1. The zero-order valence-electron chi connectivity index (χ0n) is 9.49. The van der Waals surface area contributed by atoms with Crippen LogP contribution in [0.25, 0.3) is 0 Å². The Hall–Kier alpha value is -0.610. The van der Waals surface area contributed by atoms with Crippen molar-refractivity contribution in [2.75, 3.05) is 18.0 Å². The highest BCUT2D eigenvalue weighted by molar-refractivity contribution is 7.13. The highest BCUT2D eigenvalue weighted by Gasteiger charge is 2.29. The molecule has 84 valence electrons. The Balaban J connectivity index is 1.98. The summed E-state index contributed by atoms with van der Waals surface area (Å²) >= 11 is 1.78. The second-order valence-corrected chi connectivity index (χ2v) is 4.76. The molecule has 1 heterocycles. The zero-order chi connectivity index (χ0) is 10.7. The number of hydrogen-bond acceptors (Lipinski definition) is 4. The summed E-state index contributed by atoms with van der Waals surface area (Å²) < 4.78 is 0. The van der Waals surface area contributed by atoms with Gasteiger partial charge >= 0.3 is 0 Å². The number of hydrogen-bond donors (Lipinski definition) is 1. The summed E-state index contributed by atoms with van der Waals surface area (Å²) in [6.45, 7) is 7.32. The van der Waals surface area contributed by atoms with Crippen LogP contribution in [0, 0.1) is 0 Å². The monoisotopic (exact) mass is 225 g/mol. The van der Waals surface area contributed by atoms with Crippen LogP contribution >= 0.6 is 11.3 Å². The van der Waals surface area contributed by atoms with Crippen LogP contribution in [0.2, 0.25) is 0 Å². The molecule has 1 aromatic heterocycles. The average Bonchev–Trinajstić information content (AvgIpc) is 2.96. The molecule has 15 heavy (non-hydrogen) atoms. The van der Waals surface area contributed by atoms with Crippen LogP contribution < -0.4 is 10.2 Å². The van der Waals surface area contributed by atoms with Gasteiger partial charge in [0.25, 0.3) is 0 Å². The topological polar surface area (TPSA) is 28.2 Å². The van der Waals surface area contributed by atoms with Crippen LogP contribution in [0.15, 0.2) is 5.38 Å². The van der Waals surface area contributed by atoms with Crippen molar-refractivity contribution in [2.45, 2.75) is 39.3 Å². The largest absolute Gasteiger partial charge is 0.345 e. The number of nitrogens with one attached hydrogen (secondary N) is 1. The van der Waals surface area contributed by atoms with Crippen molar-refractivity contribution in [3.05, 3.63) is 11.1 Å². The number of nitrogens with zero attached hydrogens (tertiary/aromatic N) is 2. The molecule has 0 spiro atoms. The van der Waals surface area contributed by atoms with Crippen molar-refractivity contribution >= 4 is 16.5 Å². The van der Waals surface area contributed by atoms with E-state index in [0.29, 0.717) is 0 Å². The number of rotatable bonds is 6. The molecule has 0 amide bonds. The van der Waals surface area contributed by atoms with Crippen LogP contribution in [-0.2, 0) is 6.54 Å². The fourth-order valence-electron chi connectivity index (χ4n) is 1.70. The van der Waals surface area contributed by atoms with E-state index in [1.807, 2.05) is 0 Å². The first-order valence-electron chi connectivity index (χ1n) is 5.77. The van der Waals surface area contributed by atoms with E-state index in [1.54, 1.807) is 11.3 Å². The summed E-state index contributed by atoms with van der Waals surface area (Å²) in [5, 5.41) is 6.68. The minimum absolute atomic E-state index is 0.771. The molecule has 2 rings (SSSR count). The fraction of sp³-hybridized carbons (Fsp3) is 0.727. The Morgan fingerprint density at radius 2 is 2.33 bits per heavy atom. The van der Waals surface area contributed by atoms with Gasteiger partial charge in [0.1, 0.15) is 0 Å². The van der Waals surface area contributed by atoms with Gasteiger partial charge in [-0.05, 0) is 26.3 Å². The zero-order valence-corrected chi connectivity index (χ0v) is 10.3. The molecule has 1 aliphatic carbocycles. The number of anilines is 1. The molecule has 1 aromatic rings. The van der Waals surface area contributed by atoms with Gasteiger partial charge in [0.2, 0.25) is 0 Å². The van der Waals surface area contributed by atoms with Gasteiger partial charge in [0, 0.05) is 24.5 Å². The third kappa shape index (κ3) is 2.69. The Morgan fingerprint density at radius 1 is 1.53 bits per heavy atom. The van der Waals surface area contributed by atoms with E-state index in [2.05, 4.69) is 34.4 Å². The fourth-order valence-corrected chi connectivity index (χ4v) is 2.66. The lowest BCUT2D eigenvalue weighted by Gasteiger charge is -2.18. The van der Waals surface area contributed by atoms with Crippen molar-refractivity contribution in [3.63, 3.8) is 0 Å². The van der Waals surface area contributed by atoms with Crippen LogP contribution in [-0.4, -0.2) is 24.1 Å². The maximum atomic E-state index is 4.66. The lowest BCUT2D eigenvalue weighted by atomic mass is 10.5. The summed E-state index contributed by atoms with van der Waals surface area (Å²) in [4.78, 5) is 7.09. The lowest BCUT2D eigenvalue weighted by molar-refractivity contribution is 0.711. The molecule has 3 nitrogen and oxygen atoms in total. The first-order valence-corrected chi connectivity index (χ1v) is 6.64. The van der Waals surface area contributed by atoms with E-state index in [-0.39, 0.29) is 0 Å². The average molecular weight is 225 g/mol. The predicted molar refractivity (Wildman–Crippen MR) is 65.5 cm³/mol. The lowest BCUT2D eigenvalue weighted by Crippen LogP contribution is -2.24.